The first-order valence-electron chi connectivity index (χ1n) is 11.5. The summed E-state index contributed by atoms with van der Waals surface area (Å²) in [6.45, 7) is 2.46. The fourth-order valence-corrected chi connectivity index (χ4v) is 5.61. The Morgan fingerprint density at radius 1 is 1.32 bits per heavy atom. The Hall–Kier alpha value is -3.98. The van der Waals surface area contributed by atoms with Gasteiger partial charge in [0.1, 0.15) is 22.7 Å². The second-order valence-electron chi connectivity index (χ2n) is 8.67. The lowest BCUT2D eigenvalue weighted by molar-refractivity contribution is -0.142. The summed E-state index contributed by atoms with van der Waals surface area (Å²) >= 11 is 0. The highest BCUT2D eigenvalue weighted by molar-refractivity contribution is 7.89. The van der Waals surface area contributed by atoms with E-state index >= 15 is 0 Å². The first kappa shape index (κ1) is 28.6. The minimum Gasteiger partial charge on any atom is -0.468 e. The van der Waals surface area contributed by atoms with E-state index in [1.165, 1.54) is 25.0 Å². The van der Waals surface area contributed by atoms with E-state index in [9.17, 15) is 22.8 Å². The van der Waals surface area contributed by atoms with E-state index in [0.29, 0.717) is 6.42 Å². The van der Waals surface area contributed by atoms with Crippen molar-refractivity contribution in [2.75, 3.05) is 20.7 Å². The summed E-state index contributed by atoms with van der Waals surface area (Å²) in [5, 5.41) is 9.60. The van der Waals surface area contributed by atoms with Crippen molar-refractivity contribution in [3.63, 3.8) is 0 Å². The Bertz CT molecular complexity index is 1290. The summed E-state index contributed by atoms with van der Waals surface area (Å²) in [6, 6.07) is 5.50. The molecule has 1 aromatic heterocycles. The number of methoxy groups -OCH3 is 1. The first-order valence-corrected chi connectivity index (χ1v) is 13.0. The van der Waals surface area contributed by atoms with Crippen LogP contribution in [-0.4, -0.2) is 75.5 Å². The highest BCUT2D eigenvalue weighted by atomic mass is 32.2. The maximum absolute atomic E-state index is 12.8. The second-order valence-corrected chi connectivity index (χ2v) is 10.3. The largest absolute Gasteiger partial charge is 0.468 e. The van der Waals surface area contributed by atoms with E-state index in [2.05, 4.69) is 25.0 Å². The van der Waals surface area contributed by atoms with Gasteiger partial charge in [-0.2, -0.15) is 9.82 Å². The number of benzene rings is 1. The molecule has 1 aromatic carbocycles. The number of nitrogens with two attached hydrogens (primary N) is 1. The van der Waals surface area contributed by atoms with Crippen LogP contribution in [0.25, 0.3) is 0 Å². The number of esters is 1. The van der Waals surface area contributed by atoms with Crippen molar-refractivity contribution in [3.05, 3.63) is 46.8 Å². The van der Waals surface area contributed by atoms with Crippen LogP contribution in [0, 0.1) is 13.8 Å². The van der Waals surface area contributed by atoms with Gasteiger partial charge in [0.05, 0.1) is 25.8 Å². The molecule has 0 radical (unpaired) electrons. The standard InChI is InChI=1S/C23H30N6O8S/c1-13-21(14(2)37-27-13)38(33,34)28-18(22(31)35-4)12-25-20(30)10-17-9-19(29(3)23(32)36-17)16-7-5-15(6-8-16)11-26-24/h5-8,11,17-19,28H,9-10,12,24H2,1-4H3,(H,25,30)/t17-,18-,19+/m0/s1. The van der Waals surface area contributed by atoms with Crippen LogP contribution < -0.4 is 15.9 Å². The molecule has 2 aromatic rings. The van der Waals surface area contributed by atoms with Crippen LogP contribution in [0.15, 0.2) is 38.8 Å². The van der Waals surface area contributed by atoms with Crippen molar-refractivity contribution in [2.24, 2.45) is 10.9 Å². The molecule has 4 N–H and O–H groups in total. The molecule has 1 saturated heterocycles. The summed E-state index contributed by atoms with van der Waals surface area (Å²) in [6.07, 6.45) is 0.291. The van der Waals surface area contributed by atoms with Gasteiger partial charge in [0, 0.05) is 20.0 Å². The number of hydrogen-bond donors (Lipinski definition) is 3. The predicted octanol–water partition coefficient (Wildman–Crippen LogP) is 0.492. The Morgan fingerprint density at radius 3 is 2.58 bits per heavy atom. The third-order valence-electron chi connectivity index (χ3n) is 5.99. The van der Waals surface area contributed by atoms with Gasteiger partial charge in [-0.05, 0) is 25.0 Å². The molecule has 3 atom stereocenters. The van der Waals surface area contributed by atoms with E-state index in [0.717, 1.165) is 18.2 Å². The molecule has 1 aliphatic rings. The number of ether oxygens (including phenoxy) is 2. The zero-order valence-corrected chi connectivity index (χ0v) is 22.1. The van der Waals surface area contributed by atoms with Crippen molar-refractivity contribution < 1.29 is 36.8 Å². The second kappa shape index (κ2) is 12.0. The van der Waals surface area contributed by atoms with Crippen LogP contribution in [0.2, 0.25) is 0 Å². The van der Waals surface area contributed by atoms with Gasteiger partial charge in [-0.1, -0.05) is 29.4 Å². The zero-order chi connectivity index (χ0) is 28.0. The molecule has 0 bridgehead atoms. The monoisotopic (exact) mass is 550 g/mol. The highest BCUT2D eigenvalue weighted by Crippen LogP contribution is 2.32. The predicted molar refractivity (Wildman–Crippen MR) is 133 cm³/mol. The zero-order valence-electron chi connectivity index (χ0n) is 21.3. The maximum atomic E-state index is 12.8. The number of amides is 2. The van der Waals surface area contributed by atoms with Gasteiger partial charge < -0.3 is 30.1 Å². The van der Waals surface area contributed by atoms with Crippen LogP contribution in [0.3, 0.4) is 0 Å². The molecule has 1 aliphatic heterocycles. The lowest BCUT2D eigenvalue weighted by Crippen LogP contribution is -2.49. The number of cyclic esters (lactones) is 1. The highest BCUT2D eigenvalue weighted by Gasteiger charge is 2.36. The van der Waals surface area contributed by atoms with Gasteiger partial charge in [0.2, 0.25) is 15.9 Å². The Balaban J connectivity index is 1.64. The van der Waals surface area contributed by atoms with Crippen LogP contribution in [0.1, 0.15) is 41.5 Å². The number of rotatable bonds is 10. The van der Waals surface area contributed by atoms with Crippen molar-refractivity contribution >= 4 is 34.2 Å². The number of nitrogens with zero attached hydrogens (tertiary/aromatic N) is 3. The minimum absolute atomic E-state index is 0.0449. The van der Waals surface area contributed by atoms with Crippen molar-refractivity contribution in [3.8, 4) is 0 Å². The van der Waals surface area contributed by atoms with Gasteiger partial charge in [-0.15, -0.1) is 0 Å². The first-order chi connectivity index (χ1) is 18.0. The number of nitrogens with one attached hydrogen (secondary N) is 2. The topological polar surface area (TPSA) is 196 Å². The van der Waals surface area contributed by atoms with Gasteiger partial charge in [0.25, 0.3) is 0 Å². The Labute approximate surface area is 219 Å². The van der Waals surface area contributed by atoms with E-state index in [1.54, 1.807) is 19.2 Å². The lowest BCUT2D eigenvalue weighted by Gasteiger charge is -2.36. The quantitative estimate of drug-likeness (QED) is 0.162. The average Bonchev–Trinajstić information content (AvgIpc) is 3.22. The molecule has 2 heterocycles. The maximum Gasteiger partial charge on any atom is 0.410 e. The molecular formula is C23H30N6O8S. The number of aryl methyl sites for hydroxylation is 2. The molecular weight excluding hydrogens is 520 g/mol. The van der Waals surface area contributed by atoms with Gasteiger partial charge in [-0.3, -0.25) is 9.59 Å². The molecule has 38 heavy (non-hydrogen) atoms. The van der Waals surface area contributed by atoms with E-state index in [1.807, 2.05) is 12.1 Å². The number of aromatic nitrogens is 1. The third-order valence-corrected chi connectivity index (χ3v) is 7.71. The van der Waals surface area contributed by atoms with E-state index in [4.69, 9.17) is 15.1 Å². The Kier molecular flexibility index (Phi) is 9.06. The van der Waals surface area contributed by atoms with Crippen LogP contribution in [0.4, 0.5) is 4.79 Å². The molecule has 0 unspecified atom stereocenters. The van der Waals surface area contributed by atoms with Crippen molar-refractivity contribution in [2.45, 2.75) is 49.8 Å². The summed E-state index contributed by atoms with van der Waals surface area (Å²) in [4.78, 5) is 38.6. The number of hydrogen-bond acceptors (Lipinski definition) is 11. The summed E-state index contributed by atoms with van der Waals surface area (Å²) < 4.78 is 42.8. The molecule has 15 heteroatoms. The normalized spacial score (nSPS) is 18.7. The van der Waals surface area contributed by atoms with Crippen molar-refractivity contribution in [1.82, 2.24) is 20.1 Å². The van der Waals surface area contributed by atoms with Gasteiger partial charge in [-0.25, -0.2) is 13.2 Å². The molecule has 14 nitrogen and oxygen atoms in total. The minimum atomic E-state index is -4.21. The number of carbonyl (C=O) groups excluding carboxylic acids is 3. The van der Waals surface area contributed by atoms with Gasteiger partial charge >= 0.3 is 12.1 Å². The Morgan fingerprint density at radius 2 is 2.00 bits per heavy atom. The number of carbonyl (C=O) groups is 3. The lowest BCUT2D eigenvalue weighted by atomic mass is 9.96. The molecule has 0 spiro atoms. The molecule has 3 rings (SSSR count). The molecule has 1 fully saturated rings. The van der Waals surface area contributed by atoms with E-state index < -0.39 is 46.7 Å². The third kappa shape index (κ3) is 6.66. The van der Waals surface area contributed by atoms with Crippen LogP contribution in [-0.2, 0) is 29.1 Å². The molecule has 0 saturated carbocycles. The van der Waals surface area contributed by atoms with Crippen LogP contribution >= 0.6 is 0 Å². The SMILES string of the molecule is COC(=O)[C@H](CNC(=O)C[C@@H]1C[C@H](c2ccc(C=NN)cc2)N(C)C(=O)O1)NS(=O)(=O)c1c(C)noc1C. The fourth-order valence-electron chi connectivity index (χ4n) is 4.10. The smallest absolute Gasteiger partial charge is 0.410 e. The summed E-state index contributed by atoms with van der Waals surface area (Å²) in [7, 11) is -1.52. The van der Waals surface area contributed by atoms with Crippen LogP contribution in [0.5, 0.6) is 0 Å². The van der Waals surface area contributed by atoms with Gasteiger partial charge in [0.15, 0.2) is 5.76 Å². The molecule has 0 aliphatic carbocycles. The number of sulfonamides is 1. The molecule has 2 amide bonds. The fraction of sp³-hybridized carbons (Fsp3) is 0.435. The summed E-state index contributed by atoms with van der Waals surface area (Å²) in [5.74, 6) is 3.76. The molecule has 206 valence electrons. The average molecular weight is 551 g/mol. The summed E-state index contributed by atoms with van der Waals surface area (Å²) in [5.41, 5.74) is 1.74. The number of hydrazone groups is 1. The van der Waals surface area contributed by atoms with E-state index in [-0.39, 0.29) is 28.8 Å². The van der Waals surface area contributed by atoms with Crippen molar-refractivity contribution in [1.29, 1.82) is 0 Å².